The Balaban J connectivity index is 0.0000120. The maximum Gasteiger partial charge on any atom is 0.173 e. The fourth-order valence-electron chi connectivity index (χ4n) is 6.83. The van der Waals surface area contributed by atoms with Gasteiger partial charge in [-0.2, -0.15) is 0 Å². The molecule has 0 amide bonds. The van der Waals surface area contributed by atoms with E-state index in [1.807, 2.05) is 0 Å². The molecule has 0 fully saturated rings. The van der Waals surface area contributed by atoms with Gasteiger partial charge in [-0.1, -0.05) is 161 Å². The van der Waals surface area contributed by atoms with Gasteiger partial charge in [-0.3, -0.25) is 4.90 Å². The largest absolute Gasteiger partial charge is 1.00 e. The molecular weight excluding hydrogens is 715 g/mol. The molecular formula is C44H77IN2O2. The van der Waals surface area contributed by atoms with Crippen molar-refractivity contribution < 1.29 is 38.0 Å². The topological polar surface area (TPSA) is 25.6 Å². The first-order valence-electron chi connectivity index (χ1n) is 20.7. The molecule has 49 heavy (non-hydrogen) atoms. The molecule has 2 aromatic rings. The van der Waals surface area contributed by atoms with Gasteiger partial charge in [0, 0.05) is 24.7 Å². The van der Waals surface area contributed by atoms with Gasteiger partial charge in [0.1, 0.15) is 6.54 Å². The Bertz CT molecular complexity index is 1020. The van der Waals surface area contributed by atoms with Gasteiger partial charge < -0.3 is 33.5 Å². The predicted molar refractivity (Wildman–Crippen MR) is 207 cm³/mol. The van der Waals surface area contributed by atoms with Crippen molar-refractivity contribution in [2.45, 2.75) is 195 Å². The maximum atomic E-state index is 6.20. The van der Waals surface area contributed by atoms with E-state index in [4.69, 9.17) is 9.47 Å². The van der Waals surface area contributed by atoms with Gasteiger partial charge in [0.05, 0.1) is 13.7 Å². The Morgan fingerprint density at radius 1 is 0.551 bits per heavy atom. The average Bonchev–Trinajstić information content (AvgIpc) is 3.11. The Hall–Kier alpha value is -1.34. The summed E-state index contributed by atoms with van der Waals surface area (Å²) in [7, 11) is 1.77. The second kappa shape index (κ2) is 32.6. The summed E-state index contributed by atoms with van der Waals surface area (Å²) in [5, 5.41) is 0. The van der Waals surface area contributed by atoms with Crippen LogP contribution in [0.2, 0.25) is 0 Å². The lowest BCUT2D eigenvalue weighted by Crippen LogP contribution is -3.00. The fraction of sp³-hybridized carbons (Fsp3) is 0.750. The first-order chi connectivity index (χ1) is 23.7. The van der Waals surface area contributed by atoms with Crippen molar-refractivity contribution in [3.05, 3.63) is 53.9 Å². The lowest BCUT2D eigenvalue weighted by molar-refractivity contribution is -0.694. The summed E-state index contributed by atoms with van der Waals surface area (Å²) in [5.74, 6) is 1.74. The van der Waals surface area contributed by atoms with Crippen LogP contribution in [0.1, 0.15) is 186 Å². The van der Waals surface area contributed by atoms with Crippen molar-refractivity contribution in [2.75, 3.05) is 20.3 Å². The summed E-state index contributed by atoms with van der Waals surface area (Å²) < 4.78 is 14.3. The maximum absolute atomic E-state index is 6.20. The standard InChI is InChI=1S/C44H77N2O2.HI/c1-5-8-10-12-14-16-18-19-20-21-22-24-26-28-34-46(40-42-31-30-35-45(7-3)39-42)38-41-32-33-43(44(37-41)47-4)48-36-29-27-25-23-17-15-13-11-9-6-2;/h30-33,35,37,39H,5-29,34,36,38,40H2,1-4H3;1H/q+1;/p-1. The number of hydrogen-bond donors (Lipinski definition) is 0. The average molecular weight is 793 g/mol. The third-order valence-electron chi connectivity index (χ3n) is 9.91. The van der Waals surface area contributed by atoms with Crippen molar-refractivity contribution in [1.29, 1.82) is 0 Å². The van der Waals surface area contributed by atoms with Gasteiger partial charge in [-0.05, 0) is 50.1 Å². The van der Waals surface area contributed by atoms with E-state index in [1.165, 1.54) is 159 Å². The number of hydrogen-bond acceptors (Lipinski definition) is 3. The fourth-order valence-corrected chi connectivity index (χ4v) is 6.83. The lowest BCUT2D eigenvalue weighted by atomic mass is 10.0. The minimum atomic E-state index is 0. The van der Waals surface area contributed by atoms with Crippen LogP contribution in [0.5, 0.6) is 11.5 Å². The number of aryl methyl sites for hydroxylation is 1. The van der Waals surface area contributed by atoms with Gasteiger partial charge in [0.2, 0.25) is 0 Å². The van der Waals surface area contributed by atoms with E-state index in [2.05, 4.69) is 73.0 Å². The van der Waals surface area contributed by atoms with E-state index in [9.17, 15) is 0 Å². The molecule has 0 aliphatic rings. The molecule has 2 rings (SSSR count). The number of halogens is 1. The van der Waals surface area contributed by atoms with E-state index < -0.39 is 0 Å². The van der Waals surface area contributed by atoms with Crippen LogP contribution >= 0.6 is 0 Å². The van der Waals surface area contributed by atoms with Crippen molar-refractivity contribution >= 4 is 0 Å². The first kappa shape index (κ1) is 45.7. The third-order valence-corrected chi connectivity index (χ3v) is 9.91. The molecule has 1 heterocycles. The molecule has 0 saturated carbocycles. The number of rotatable bonds is 33. The third kappa shape index (κ3) is 23.7. The van der Waals surface area contributed by atoms with Gasteiger partial charge in [-0.25, -0.2) is 4.57 Å². The molecule has 0 radical (unpaired) electrons. The van der Waals surface area contributed by atoms with Crippen LogP contribution in [-0.2, 0) is 19.6 Å². The quantitative estimate of drug-likeness (QED) is 0.0409. The lowest BCUT2D eigenvalue weighted by Gasteiger charge is -2.23. The Morgan fingerprint density at radius 3 is 1.55 bits per heavy atom. The molecule has 0 atom stereocenters. The number of methoxy groups -OCH3 is 1. The zero-order valence-electron chi connectivity index (χ0n) is 32.6. The van der Waals surface area contributed by atoms with E-state index >= 15 is 0 Å². The Morgan fingerprint density at radius 2 is 1.04 bits per heavy atom. The Kier molecular flexibility index (Phi) is 30.4. The predicted octanol–water partition coefficient (Wildman–Crippen LogP) is 9.79. The van der Waals surface area contributed by atoms with Crippen LogP contribution < -0.4 is 38.0 Å². The highest BCUT2D eigenvalue weighted by Crippen LogP contribution is 2.29. The molecule has 0 spiro atoms. The molecule has 1 aromatic heterocycles. The van der Waals surface area contributed by atoms with Crippen molar-refractivity contribution in [3.8, 4) is 11.5 Å². The van der Waals surface area contributed by atoms with Crippen LogP contribution in [-0.4, -0.2) is 25.2 Å². The summed E-state index contributed by atoms with van der Waals surface area (Å²) in [4.78, 5) is 2.62. The molecule has 0 saturated heterocycles. The second-order valence-corrected chi connectivity index (χ2v) is 14.4. The zero-order valence-corrected chi connectivity index (χ0v) is 34.8. The normalized spacial score (nSPS) is 11.2. The zero-order chi connectivity index (χ0) is 34.3. The smallest absolute Gasteiger partial charge is 0.173 e. The molecule has 0 aliphatic carbocycles. The van der Waals surface area contributed by atoms with Crippen molar-refractivity contribution in [2.24, 2.45) is 0 Å². The number of pyridine rings is 1. The number of ether oxygens (including phenoxy) is 2. The van der Waals surface area contributed by atoms with Gasteiger partial charge in [0.15, 0.2) is 23.9 Å². The second-order valence-electron chi connectivity index (χ2n) is 14.4. The van der Waals surface area contributed by atoms with E-state index in [1.54, 1.807) is 7.11 Å². The summed E-state index contributed by atoms with van der Waals surface area (Å²) in [6.45, 7) is 11.6. The highest BCUT2D eigenvalue weighted by molar-refractivity contribution is 5.43. The summed E-state index contributed by atoms with van der Waals surface area (Å²) in [5.41, 5.74) is 2.68. The van der Waals surface area contributed by atoms with Crippen LogP contribution in [0.4, 0.5) is 0 Å². The SMILES string of the molecule is CCCCCCCCCCCCCCCCN(Cc1ccc(OCCCCCCCCCCCC)c(OC)c1)Cc1ccc[n+](CC)c1.[I-]. The number of benzene rings is 1. The monoisotopic (exact) mass is 793 g/mol. The Labute approximate surface area is 321 Å². The summed E-state index contributed by atoms with van der Waals surface area (Å²) >= 11 is 0. The molecule has 0 bridgehead atoms. The molecule has 0 aliphatic heterocycles. The highest BCUT2D eigenvalue weighted by Gasteiger charge is 2.13. The molecule has 4 nitrogen and oxygen atoms in total. The van der Waals surface area contributed by atoms with Crippen molar-refractivity contribution in [3.63, 3.8) is 0 Å². The number of unbranched alkanes of at least 4 members (excludes halogenated alkanes) is 22. The molecule has 282 valence electrons. The summed E-state index contributed by atoms with van der Waals surface area (Å²) in [6.07, 6.45) is 37.5. The molecule has 1 aromatic carbocycles. The van der Waals surface area contributed by atoms with E-state index in [-0.39, 0.29) is 24.0 Å². The number of aromatic nitrogens is 1. The summed E-state index contributed by atoms with van der Waals surface area (Å²) in [6, 6.07) is 11.0. The molecule has 0 unspecified atom stereocenters. The van der Waals surface area contributed by atoms with Crippen LogP contribution in [0.3, 0.4) is 0 Å². The van der Waals surface area contributed by atoms with E-state index in [0.717, 1.165) is 50.7 Å². The van der Waals surface area contributed by atoms with E-state index in [0.29, 0.717) is 0 Å². The van der Waals surface area contributed by atoms with Gasteiger partial charge >= 0.3 is 0 Å². The van der Waals surface area contributed by atoms with Crippen molar-refractivity contribution in [1.82, 2.24) is 4.90 Å². The highest BCUT2D eigenvalue weighted by atomic mass is 127. The first-order valence-corrected chi connectivity index (χ1v) is 20.7. The number of nitrogens with zero attached hydrogens (tertiary/aromatic N) is 2. The molecule has 0 N–H and O–H groups in total. The van der Waals surface area contributed by atoms with Crippen LogP contribution in [0.15, 0.2) is 42.7 Å². The van der Waals surface area contributed by atoms with Crippen LogP contribution in [0.25, 0.3) is 0 Å². The van der Waals surface area contributed by atoms with Crippen LogP contribution in [0, 0.1) is 0 Å². The minimum Gasteiger partial charge on any atom is -1.00 e. The van der Waals surface area contributed by atoms with Gasteiger partial charge in [-0.15, -0.1) is 0 Å². The minimum absolute atomic E-state index is 0. The molecule has 5 heteroatoms. The van der Waals surface area contributed by atoms with Gasteiger partial charge in [0.25, 0.3) is 0 Å².